The molecule has 5 rings (SSSR count). The van der Waals surface area contributed by atoms with Crippen molar-refractivity contribution in [2.75, 3.05) is 31.1 Å². The first-order valence-corrected chi connectivity index (χ1v) is 13.6. The molecule has 188 valence electrons. The molecule has 9 heteroatoms. The summed E-state index contributed by atoms with van der Waals surface area (Å²) in [6.45, 7) is 12.1. The van der Waals surface area contributed by atoms with Gasteiger partial charge in [-0.25, -0.2) is 13.4 Å². The number of hydrogen-bond acceptors (Lipinski definition) is 6. The summed E-state index contributed by atoms with van der Waals surface area (Å²) < 4.78 is 29.9. The zero-order chi connectivity index (χ0) is 25.7. The second kappa shape index (κ2) is 8.97. The van der Waals surface area contributed by atoms with Crippen LogP contribution in [0.15, 0.2) is 59.6 Å². The van der Waals surface area contributed by atoms with Gasteiger partial charge in [0, 0.05) is 37.9 Å². The molecule has 0 atom stereocenters. The number of piperazine rings is 1. The highest BCUT2D eigenvalue weighted by molar-refractivity contribution is 7.89. The Morgan fingerprint density at radius 3 is 2.25 bits per heavy atom. The van der Waals surface area contributed by atoms with Gasteiger partial charge in [-0.2, -0.15) is 13.8 Å². The zero-order valence-electron chi connectivity index (χ0n) is 21.4. The maximum Gasteiger partial charge on any atom is 0.254 e. The number of hydrogen-bond donors (Lipinski definition) is 0. The molecule has 1 saturated heterocycles. The Balaban J connectivity index is 1.37. The third-order valence-corrected chi connectivity index (χ3v) is 8.80. The van der Waals surface area contributed by atoms with Gasteiger partial charge in [-0.3, -0.25) is 0 Å². The Bertz CT molecular complexity index is 1510. The number of anilines is 1. The van der Waals surface area contributed by atoms with Crippen molar-refractivity contribution in [1.29, 1.82) is 0 Å². The van der Waals surface area contributed by atoms with Crippen molar-refractivity contribution in [1.82, 2.24) is 23.9 Å². The fraction of sp³-hybridized carbons (Fsp3) is 0.370. The average Bonchev–Trinajstić information content (AvgIpc) is 3.30. The predicted molar refractivity (Wildman–Crippen MR) is 142 cm³/mol. The van der Waals surface area contributed by atoms with Crippen molar-refractivity contribution in [2.45, 2.75) is 44.9 Å². The first-order chi connectivity index (χ1) is 17.0. The maximum absolute atomic E-state index is 13.3. The van der Waals surface area contributed by atoms with Gasteiger partial charge < -0.3 is 4.90 Å². The minimum Gasteiger partial charge on any atom is -0.337 e. The Labute approximate surface area is 212 Å². The van der Waals surface area contributed by atoms with E-state index in [2.05, 4.69) is 55.0 Å². The van der Waals surface area contributed by atoms with Crippen molar-refractivity contribution >= 4 is 21.7 Å². The third-order valence-electron chi connectivity index (χ3n) is 6.76. The van der Waals surface area contributed by atoms with Crippen LogP contribution >= 0.6 is 0 Å². The molecule has 0 unspecified atom stereocenters. The van der Waals surface area contributed by atoms with Crippen molar-refractivity contribution < 1.29 is 8.42 Å². The van der Waals surface area contributed by atoms with E-state index in [-0.39, 0.29) is 5.41 Å². The molecule has 1 aliphatic rings. The number of benzene rings is 2. The lowest BCUT2D eigenvalue weighted by molar-refractivity contribution is 0.382. The number of rotatable bonds is 4. The van der Waals surface area contributed by atoms with E-state index in [9.17, 15) is 8.42 Å². The maximum atomic E-state index is 13.3. The lowest BCUT2D eigenvalue weighted by Crippen LogP contribution is -2.49. The van der Waals surface area contributed by atoms with Crippen LogP contribution in [0.3, 0.4) is 0 Å². The molecular weight excluding hydrogens is 472 g/mol. The summed E-state index contributed by atoms with van der Waals surface area (Å²) in [5.41, 5.74) is 5.00. The quantitative estimate of drug-likeness (QED) is 0.414. The fourth-order valence-corrected chi connectivity index (χ4v) is 6.26. The Hall–Kier alpha value is -3.30. The van der Waals surface area contributed by atoms with Gasteiger partial charge in [0.25, 0.3) is 5.78 Å². The summed E-state index contributed by atoms with van der Waals surface area (Å²) in [6, 6.07) is 16.0. The molecule has 0 amide bonds. The standard InChI is InChI=1S/C27H32N6O2S/c1-19-6-7-20(2)24(18-19)36(34,35)32-16-14-31(15-17-32)26-29-25-28-13-12-23(33(25)30-26)21-8-10-22(11-9-21)27(3,4)5/h6-13,18H,14-17H2,1-5H3. The first-order valence-electron chi connectivity index (χ1n) is 12.2. The van der Waals surface area contributed by atoms with Gasteiger partial charge in [-0.05, 0) is 48.1 Å². The lowest BCUT2D eigenvalue weighted by Gasteiger charge is -2.33. The number of aryl methyl sites for hydroxylation is 2. The van der Waals surface area contributed by atoms with Crippen LogP contribution in [0.1, 0.15) is 37.5 Å². The van der Waals surface area contributed by atoms with E-state index in [1.807, 2.05) is 36.9 Å². The van der Waals surface area contributed by atoms with Crippen molar-refractivity contribution in [3.63, 3.8) is 0 Å². The molecular formula is C27H32N6O2S. The fourth-order valence-electron chi connectivity index (χ4n) is 4.53. The van der Waals surface area contributed by atoms with Crippen LogP contribution in [-0.4, -0.2) is 58.5 Å². The molecule has 4 aromatic rings. The average molecular weight is 505 g/mol. The van der Waals surface area contributed by atoms with Gasteiger partial charge in [-0.15, -0.1) is 5.10 Å². The van der Waals surface area contributed by atoms with Gasteiger partial charge in [0.05, 0.1) is 10.6 Å². The number of nitrogens with zero attached hydrogens (tertiary/aromatic N) is 6. The number of fused-ring (bicyclic) bond motifs is 1. The minimum absolute atomic E-state index is 0.0835. The van der Waals surface area contributed by atoms with Crippen LogP contribution in [-0.2, 0) is 15.4 Å². The summed E-state index contributed by atoms with van der Waals surface area (Å²) in [5.74, 6) is 1.08. The number of aromatic nitrogens is 4. The molecule has 0 spiro atoms. The van der Waals surface area contributed by atoms with Crippen LogP contribution in [0.25, 0.3) is 17.0 Å². The summed E-state index contributed by atoms with van der Waals surface area (Å²) in [4.78, 5) is 11.5. The van der Waals surface area contributed by atoms with Gasteiger partial charge in [0.2, 0.25) is 16.0 Å². The van der Waals surface area contributed by atoms with E-state index in [4.69, 9.17) is 5.10 Å². The molecule has 0 radical (unpaired) electrons. The van der Waals surface area contributed by atoms with Crippen LogP contribution in [0.5, 0.6) is 0 Å². The lowest BCUT2D eigenvalue weighted by atomic mass is 9.86. The molecule has 0 bridgehead atoms. The van der Waals surface area contributed by atoms with Crippen LogP contribution < -0.4 is 4.90 Å². The largest absolute Gasteiger partial charge is 0.337 e. The van der Waals surface area contributed by atoms with Gasteiger partial charge in [0.15, 0.2) is 0 Å². The topological polar surface area (TPSA) is 83.7 Å². The molecule has 1 fully saturated rings. The summed E-state index contributed by atoms with van der Waals surface area (Å²) in [7, 11) is -3.55. The Morgan fingerprint density at radius 1 is 0.889 bits per heavy atom. The predicted octanol–water partition coefficient (Wildman–Crippen LogP) is 4.22. The van der Waals surface area contributed by atoms with Crippen LogP contribution in [0.4, 0.5) is 5.95 Å². The monoisotopic (exact) mass is 504 g/mol. The van der Waals surface area contributed by atoms with E-state index < -0.39 is 10.0 Å². The molecule has 0 N–H and O–H groups in total. The molecule has 0 saturated carbocycles. The van der Waals surface area contributed by atoms with E-state index in [1.165, 1.54) is 5.56 Å². The molecule has 8 nitrogen and oxygen atoms in total. The van der Waals surface area contributed by atoms with Crippen LogP contribution in [0.2, 0.25) is 0 Å². The first kappa shape index (κ1) is 24.4. The molecule has 2 aromatic carbocycles. The molecule has 3 heterocycles. The molecule has 2 aromatic heterocycles. The Kier molecular flexibility index (Phi) is 6.08. The summed E-state index contributed by atoms with van der Waals surface area (Å²) >= 11 is 0. The SMILES string of the molecule is Cc1ccc(C)c(S(=O)(=O)N2CCN(c3nc4nccc(-c5ccc(C(C)(C)C)cc5)n4n3)CC2)c1. The van der Waals surface area contributed by atoms with Crippen molar-refractivity contribution in [3.05, 3.63) is 71.4 Å². The van der Waals surface area contributed by atoms with E-state index >= 15 is 0 Å². The highest BCUT2D eigenvalue weighted by atomic mass is 32.2. The summed E-state index contributed by atoms with van der Waals surface area (Å²) in [5, 5.41) is 4.76. The van der Waals surface area contributed by atoms with Gasteiger partial charge >= 0.3 is 0 Å². The van der Waals surface area contributed by atoms with E-state index in [1.54, 1.807) is 21.1 Å². The zero-order valence-corrected chi connectivity index (χ0v) is 22.2. The van der Waals surface area contributed by atoms with Gasteiger partial charge in [-0.1, -0.05) is 57.2 Å². The second-order valence-electron chi connectivity index (χ2n) is 10.4. The molecule has 0 aliphatic carbocycles. The Morgan fingerprint density at radius 2 is 1.58 bits per heavy atom. The third kappa shape index (κ3) is 4.49. The minimum atomic E-state index is -3.55. The van der Waals surface area contributed by atoms with E-state index in [0.717, 1.165) is 22.4 Å². The molecule has 1 aliphatic heterocycles. The smallest absolute Gasteiger partial charge is 0.254 e. The van der Waals surface area contributed by atoms with Gasteiger partial charge in [0.1, 0.15) is 0 Å². The highest BCUT2D eigenvalue weighted by Crippen LogP contribution is 2.27. The van der Waals surface area contributed by atoms with Crippen molar-refractivity contribution in [2.24, 2.45) is 0 Å². The van der Waals surface area contributed by atoms with Crippen molar-refractivity contribution in [3.8, 4) is 11.3 Å². The van der Waals surface area contributed by atoms with E-state index in [0.29, 0.717) is 42.8 Å². The summed E-state index contributed by atoms with van der Waals surface area (Å²) in [6.07, 6.45) is 1.75. The highest BCUT2D eigenvalue weighted by Gasteiger charge is 2.31. The number of sulfonamides is 1. The van der Waals surface area contributed by atoms with Crippen LogP contribution in [0, 0.1) is 13.8 Å². The second-order valence-corrected chi connectivity index (χ2v) is 12.3. The molecule has 36 heavy (non-hydrogen) atoms. The normalized spacial score (nSPS) is 15.5.